The van der Waals surface area contributed by atoms with Gasteiger partial charge < -0.3 is 0 Å². The van der Waals surface area contributed by atoms with E-state index in [9.17, 15) is 4.39 Å². The van der Waals surface area contributed by atoms with E-state index >= 15 is 0 Å². The van der Waals surface area contributed by atoms with Crippen molar-refractivity contribution in [3.63, 3.8) is 0 Å². The van der Waals surface area contributed by atoms with Gasteiger partial charge in [-0.25, -0.2) is 4.39 Å². The fourth-order valence-corrected chi connectivity index (χ4v) is 4.04. The van der Waals surface area contributed by atoms with Gasteiger partial charge in [0.15, 0.2) is 0 Å². The van der Waals surface area contributed by atoms with Crippen LogP contribution in [0.4, 0.5) is 4.39 Å². The lowest BCUT2D eigenvalue weighted by Crippen LogP contribution is -2.40. The highest BCUT2D eigenvalue weighted by Gasteiger charge is 2.45. The molecule has 1 aromatic rings. The lowest BCUT2D eigenvalue weighted by molar-refractivity contribution is -0.00227. The van der Waals surface area contributed by atoms with Crippen molar-refractivity contribution < 1.29 is 4.39 Å². The third-order valence-corrected chi connectivity index (χ3v) is 5.87. The molecule has 20 heavy (non-hydrogen) atoms. The minimum absolute atomic E-state index is 0.151. The second kappa shape index (κ2) is 4.88. The number of hydrogen-bond acceptors (Lipinski definition) is 1. The molecule has 3 saturated carbocycles. The predicted molar refractivity (Wildman–Crippen MR) is 77.7 cm³/mol. The van der Waals surface area contributed by atoms with Crippen LogP contribution in [0.25, 0.3) is 0 Å². The molecule has 0 amide bonds. The smallest absolute Gasteiger partial charge is 0.141 e. The number of fused-ring (bicyclic) bond motifs is 3. The number of nitrogens with zero attached hydrogens (tertiary/aromatic N) is 1. The maximum Gasteiger partial charge on any atom is 0.141 e. The van der Waals surface area contributed by atoms with E-state index < -0.39 is 0 Å². The van der Waals surface area contributed by atoms with Crippen LogP contribution in [0.5, 0.6) is 0 Å². The lowest BCUT2D eigenvalue weighted by Gasteiger charge is -2.52. The van der Waals surface area contributed by atoms with Gasteiger partial charge in [0.1, 0.15) is 11.9 Å². The molecular weight excluding hydrogens is 249 g/mol. The standard InChI is InChI=1S/C18H22FN/c1-17-6-9-18(10-7-17,11-8-17)5-4-14-2-3-15(13-20)16(19)12-14/h2-3,12H,4-11H2,1H3. The number of aryl methyl sites for hydroxylation is 1. The highest BCUT2D eigenvalue weighted by Crippen LogP contribution is 2.58. The molecule has 3 aliphatic carbocycles. The van der Waals surface area contributed by atoms with E-state index in [2.05, 4.69) is 6.92 Å². The van der Waals surface area contributed by atoms with Crippen LogP contribution in [-0.2, 0) is 6.42 Å². The van der Waals surface area contributed by atoms with Crippen molar-refractivity contribution in [1.29, 1.82) is 5.26 Å². The second-order valence-electron chi connectivity index (χ2n) is 7.24. The Morgan fingerprint density at radius 3 is 2.35 bits per heavy atom. The monoisotopic (exact) mass is 271 g/mol. The molecule has 0 radical (unpaired) electrons. The Bertz CT molecular complexity index is 530. The lowest BCUT2D eigenvalue weighted by atomic mass is 9.53. The Morgan fingerprint density at radius 1 is 1.15 bits per heavy atom. The quantitative estimate of drug-likeness (QED) is 0.759. The summed E-state index contributed by atoms with van der Waals surface area (Å²) in [6.45, 7) is 2.44. The van der Waals surface area contributed by atoms with Gasteiger partial charge in [0.05, 0.1) is 5.56 Å². The zero-order valence-electron chi connectivity index (χ0n) is 12.2. The average molecular weight is 271 g/mol. The zero-order valence-corrected chi connectivity index (χ0v) is 12.2. The van der Waals surface area contributed by atoms with Gasteiger partial charge in [0.2, 0.25) is 0 Å². The molecule has 0 aliphatic heterocycles. The van der Waals surface area contributed by atoms with Crippen LogP contribution in [0.1, 0.15) is 63.0 Å². The van der Waals surface area contributed by atoms with Crippen LogP contribution in [0, 0.1) is 28.0 Å². The molecule has 4 rings (SSSR count). The Morgan fingerprint density at radius 2 is 1.80 bits per heavy atom. The van der Waals surface area contributed by atoms with Crippen LogP contribution in [0.2, 0.25) is 0 Å². The van der Waals surface area contributed by atoms with Gasteiger partial charge in [-0.3, -0.25) is 0 Å². The van der Waals surface area contributed by atoms with E-state index in [0.717, 1.165) is 12.0 Å². The summed E-state index contributed by atoms with van der Waals surface area (Å²) in [5.41, 5.74) is 2.32. The maximum atomic E-state index is 13.6. The molecule has 2 heteroatoms. The topological polar surface area (TPSA) is 23.8 Å². The van der Waals surface area contributed by atoms with Crippen LogP contribution in [0.3, 0.4) is 0 Å². The fourth-order valence-electron chi connectivity index (χ4n) is 4.04. The highest BCUT2D eigenvalue weighted by molar-refractivity contribution is 5.33. The minimum Gasteiger partial charge on any atom is -0.206 e. The van der Waals surface area contributed by atoms with E-state index in [-0.39, 0.29) is 11.4 Å². The number of rotatable bonds is 3. The molecule has 106 valence electrons. The third kappa shape index (κ3) is 2.46. The van der Waals surface area contributed by atoms with E-state index in [4.69, 9.17) is 5.26 Å². The molecule has 0 aromatic heterocycles. The molecule has 1 aromatic carbocycles. The Labute approximate surface area is 120 Å². The Hall–Kier alpha value is -1.36. The molecular formula is C18H22FN. The van der Waals surface area contributed by atoms with Crippen LogP contribution in [-0.4, -0.2) is 0 Å². The fraction of sp³-hybridized carbons (Fsp3) is 0.611. The summed E-state index contributed by atoms with van der Waals surface area (Å²) in [5.74, 6) is -0.373. The van der Waals surface area contributed by atoms with Gasteiger partial charge in [0.25, 0.3) is 0 Å². The van der Waals surface area contributed by atoms with Crippen molar-refractivity contribution in [2.24, 2.45) is 10.8 Å². The third-order valence-electron chi connectivity index (χ3n) is 5.87. The van der Waals surface area contributed by atoms with E-state index in [1.807, 2.05) is 12.1 Å². The SMILES string of the molecule is CC12CCC(CCc3ccc(C#N)c(F)c3)(CC1)CC2. The molecule has 0 spiro atoms. The molecule has 0 saturated heterocycles. The second-order valence-corrected chi connectivity index (χ2v) is 7.24. The van der Waals surface area contributed by atoms with Gasteiger partial charge in [-0.05, 0) is 79.9 Å². The summed E-state index contributed by atoms with van der Waals surface area (Å²) in [6.07, 6.45) is 10.3. The minimum atomic E-state index is -0.373. The van der Waals surface area contributed by atoms with Gasteiger partial charge >= 0.3 is 0 Å². The summed E-state index contributed by atoms with van der Waals surface area (Å²) in [4.78, 5) is 0. The molecule has 0 heterocycles. The van der Waals surface area contributed by atoms with Gasteiger partial charge in [-0.15, -0.1) is 0 Å². The van der Waals surface area contributed by atoms with E-state index in [0.29, 0.717) is 10.8 Å². The molecule has 1 nitrogen and oxygen atoms in total. The summed E-state index contributed by atoms with van der Waals surface area (Å²) in [6, 6.07) is 6.95. The molecule has 2 bridgehead atoms. The molecule has 0 atom stereocenters. The summed E-state index contributed by atoms with van der Waals surface area (Å²) < 4.78 is 13.6. The van der Waals surface area contributed by atoms with Crippen molar-refractivity contribution >= 4 is 0 Å². The molecule has 3 aliphatic rings. The van der Waals surface area contributed by atoms with Crippen LogP contribution in [0.15, 0.2) is 18.2 Å². The Kier molecular flexibility index (Phi) is 3.32. The van der Waals surface area contributed by atoms with Gasteiger partial charge in [-0.1, -0.05) is 13.0 Å². The first-order valence-electron chi connectivity index (χ1n) is 7.73. The number of halogens is 1. The van der Waals surface area contributed by atoms with Gasteiger partial charge in [0, 0.05) is 0 Å². The van der Waals surface area contributed by atoms with E-state index in [1.54, 1.807) is 12.1 Å². The van der Waals surface area contributed by atoms with E-state index in [1.165, 1.54) is 44.9 Å². The largest absolute Gasteiger partial charge is 0.206 e. The molecule has 0 N–H and O–H groups in total. The predicted octanol–water partition coefficient (Wildman–Crippen LogP) is 4.99. The average Bonchev–Trinajstić information content (AvgIpc) is 2.47. The number of hydrogen-bond donors (Lipinski definition) is 0. The summed E-state index contributed by atoms with van der Waals surface area (Å²) in [7, 11) is 0. The molecule has 3 fully saturated rings. The van der Waals surface area contributed by atoms with Crippen molar-refractivity contribution in [2.45, 2.75) is 58.3 Å². The number of benzene rings is 1. The summed E-state index contributed by atoms with van der Waals surface area (Å²) >= 11 is 0. The molecule has 0 unspecified atom stereocenters. The van der Waals surface area contributed by atoms with Crippen molar-refractivity contribution in [3.05, 3.63) is 35.1 Å². The van der Waals surface area contributed by atoms with Crippen molar-refractivity contribution in [3.8, 4) is 6.07 Å². The first-order valence-corrected chi connectivity index (χ1v) is 7.73. The Balaban J connectivity index is 1.65. The first kappa shape index (κ1) is 13.6. The first-order chi connectivity index (χ1) is 9.54. The normalized spacial score (nSPS) is 32.0. The van der Waals surface area contributed by atoms with Crippen molar-refractivity contribution in [2.75, 3.05) is 0 Å². The number of nitriles is 1. The van der Waals surface area contributed by atoms with Gasteiger partial charge in [-0.2, -0.15) is 5.26 Å². The highest BCUT2D eigenvalue weighted by atomic mass is 19.1. The maximum absolute atomic E-state index is 13.6. The van der Waals surface area contributed by atoms with Crippen LogP contribution >= 0.6 is 0 Å². The summed E-state index contributed by atoms with van der Waals surface area (Å²) in [5, 5.41) is 8.76. The van der Waals surface area contributed by atoms with Crippen LogP contribution < -0.4 is 0 Å². The van der Waals surface area contributed by atoms with Crippen molar-refractivity contribution in [1.82, 2.24) is 0 Å². The zero-order chi connectivity index (χ0) is 14.2.